The number of hydrogen-bond donors (Lipinski definition) is 0. The molecule has 0 aliphatic carbocycles. The molecule has 9 heteroatoms. The minimum absolute atomic E-state index is 0.160. The van der Waals surface area contributed by atoms with Gasteiger partial charge in [-0.2, -0.15) is 0 Å². The molecule has 2 heterocycles. The van der Waals surface area contributed by atoms with Crippen molar-refractivity contribution in [3.05, 3.63) is 92.1 Å². The highest BCUT2D eigenvalue weighted by molar-refractivity contribution is 14.1. The zero-order chi connectivity index (χ0) is 26.0. The van der Waals surface area contributed by atoms with Gasteiger partial charge in [-0.1, -0.05) is 47.1 Å². The van der Waals surface area contributed by atoms with Gasteiger partial charge in [0.2, 0.25) is 0 Å². The fourth-order valence-electron chi connectivity index (χ4n) is 3.92. The minimum Gasteiger partial charge on any atom is -0.479 e. The number of esters is 1. The van der Waals surface area contributed by atoms with Gasteiger partial charge in [0.15, 0.2) is 4.80 Å². The summed E-state index contributed by atoms with van der Waals surface area (Å²) in [4.78, 5) is 31.8. The van der Waals surface area contributed by atoms with Crippen molar-refractivity contribution in [1.82, 2.24) is 4.57 Å². The lowest BCUT2D eigenvalue weighted by atomic mass is 9.95. The van der Waals surface area contributed by atoms with E-state index in [1.807, 2.05) is 49.4 Å². The molecular formula is C27H22BrIN2O4S. The maximum absolute atomic E-state index is 13.7. The zero-order valence-corrected chi connectivity index (χ0v) is 24.4. The molecule has 0 fully saturated rings. The number of thiazole rings is 1. The number of allylic oxidation sites excluding steroid dienone is 1. The van der Waals surface area contributed by atoms with E-state index in [1.165, 1.54) is 11.3 Å². The molecule has 0 bridgehead atoms. The van der Waals surface area contributed by atoms with Crippen LogP contribution in [-0.4, -0.2) is 23.8 Å². The number of terminal acetylenes is 1. The van der Waals surface area contributed by atoms with Crippen LogP contribution in [0.1, 0.15) is 36.6 Å². The Morgan fingerprint density at radius 3 is 2.67 bits per heavy atom. The van der Waals surface area contributed by atoms with E-state index < -0.39 is 12.0 Å². The van der Waals surface area contributed by atoms with Crippen LogP contribution in [0.25, 0.3) is 6.08 Å². The fraction of sp³-hybridized carbons (Fsp3) is 0.222. The number of benzene rings is 2. The van der Waals surface area contributed by atoms with E-state index in [1.54, 1.807) is 18.4 Å². The molecule has 36 heavy (non-hydrogen) atoms. The van der Waals surface area contributed by atoms with Gasteiger partial charge in [-0.25, -0.2) is 9.79 Å². The van der Waals surface area contributed by atoms with Crippen LogP contribution in [0.4, 0.5) is 0 Å². The van der Waals surface area contributed by atoms with E-state index in [2.05, 4.69) is 49.4 Å². The second-order valence-electron chi connectivity index (χ2n) is 8.02. The van der Waals surface area contributed by atoms with Gasteiger partial charge in [-0.15, -0.1) is 6.42 Å². The maximum Gasteiger partial charge on any atom is 0.338 e. The van der Waals surface area contributed by atoms with Crippen LogP contribution >= 0.6 is 49.9 Å². The van der Waals surface area contributed by atoms with Crippen molar-refractivity contribution in [2.45, 2.75) is 26.8 Å². The van der Waals surface area contributed by atoms with Gasteiger partial charge in [0.05, 0.1) is 36.5 Å². The Morgan fingerprint density at radius 1 is 1.31 bits per heavy atom. The van der Waals surface area contributed by atoms with Crippen molar-refractivity contribution < 1.29 is 14.3 Å². The van der Waals surface area contributed by atoms with E-state index >= 15 is 0 Å². The number of carbonyl (C=O) groups excluding carboxylic acids is 1. The Balaban J connectivity index is 1.89. The molecule has 0 N–H and O–H groups in total. The minimum atomic E-state index is -0.630. The average molecular weight is 677 g/mol. The fourth-order valence-corrected chi connectivity index (χ4v) is 6.74. The quantitative estimate of drug-likeness (QED) is 0.219. The summed E-state index contributed by atoms with van der Waals surface area (Å²) in [7, 11) is 0. The molecule has 6 nitrogen and oxygen atoms in total. The third-order valence-electron chi connectivity index (χ3n) is 5.53. The van der Waals surface area contributed by atoms with Crippen LogP contribution < -0.4 is 19.6 Å². The molecule has 0 spiro atoms. The van der Waals surface area contributed by atoms with Gasteiger partial charge in [0.25, 0.3) is 5.56 Å². The summed E-state index contributed by atoms with van der Waals surface area (Å²) in [6.07, 6.45) is 7.13. The molecule has 3 aromatic rings. The Kier molecular flexibility index (Phi) is 8.17. The Hall–Kier alpha value is -2.68. The number of aromatic nitrogens is 1. The van der Waals surface area contributed by atoms with Gasteiger partial charge in [0, 0.05) is 0 Å². The summed E-state index contributed by atoms with van der Waals surface area (Å²) in [6, 6.07) is 11.0. The lowest BCUT2D eigenvalue weighted by Crippen LogP contribution is -2.39. The molecule has 1 aliphatic rings. The first-order valence-electron chi connectivity index (χ1n) is 11.1. The second kappa shape index (κ2) is 11.2. The van der Waals surface area contributed by atoms with Gasteiger partial charge < -0.3 is 9.47 Å². The van der Waals surface area contributed by atoms with E-state index in [0.29, 0.717) is 26.4 Å². The first-order chi connectivity index (χ1) is 17.2. The average Bonchev–Trinajstić information content (AvgIpc) is 3.12. The number of aryl methyl sites for hydroxylation is 1. The van der Waals surface area contributed by atoms with Crippen molar-refractivity contribution >= 4 is 61.9 Å². The molecule has 4 rings (SSSR count). The smallest absolute Gasteiger partial charge is 0.338 e. The number of rotatable bonds is 6. The molecule has 0 radical (unpaired) electrons. The Labute approximate surface area is 234 Å². The Morgan fingerprint density at radius 2 is 2.03 bits per heavy atom. The van der Waals surface area contributed by atoms with Crippen molar-refractivity contribution in [3.63, 3.8) is 0 Å². The summed E-state index contributed by atoms with van der Waals surface area (Å²) >= 11 is 6.99. The van der Waals surface area contributed by atoms with Crippen molar-refractivity contribution in [2.24, 2.45) is 4.99 Å². The molecule has 0 amide bonds. The number of halogens is 2. The zero-order valence-electron chi connectivity index (χ0n) is 19.8. The highest BCUT2D eigenvalue weighted by Crippen LogP contribution is 2.33. The molecule has 1 atom stereocenters. The van der Waals surface area contributed by atoms with E-state index in [4.69, 9.17) is 15.9 Å². The third-order valence-corrected chi connectivity index (χ3v) is 7.90. The van der Waals surface area contributed by atoms with E-state index in [-0.39, 0.29) is 18.8 Å². The molecule has 0 unspecified atom stereocenters. The van der Waals surface area contributed by atoms with Gasteiger partial charge in [0.1, 0.15) is 12.4 Å². The van der Waals surface area contributed by atoms with Crippen LogP contribution in [-0.2, 0) is 9.53 Å². The molecule has 2 aromatic carbocycles. The lowest BCUT2D eigenvalue weighted by Gasteiger charge is -2.24. The third kappa shape index (κ3) is 5.21. The highest BCUT2D eigenvalue weighted by atomic mass is 127. The summed E-state index contributed by atoms with van der Waals surface area (Å²) < 4.78 is 14.6. The standard InChI is InChI=1S/C27H22BrIN2O4S/c1-5-11-35-24-19(28)12-17(13-20(24)29)14-21-25(32)31-23(18-9-7-15(3)8-10-18)22(26(33)34-6-2)16(4)30-27(31)36-21/h1,7-10,12-14,23H,6,11H2,2-4H3/b21-14+/t23-/m0/s1. The van der Waals surface area contributed by atoms with Crippen molar-refractivity contribution in [3.8, 4) is 18.1 Å². The first-order valence-corrected chi connectivity index (χ1v) is 13.8. The number of carbonyl (C=O) groups is 1. The summed E-state index contributed by atoms with van der Waals surface area (Å²) in [5.41, 5.74) is 3.40. The van der Waals surface area contributed by atoms with Crippen LogP contribution in [0.15, 0.2) is 61.9 Å². The van der Waals surface area contributed by atoms with Crippen LogP contribution in [0, 0.1) is 22.8 Å². The number of hydrogen-bond acceptors (Lipinski definition) is 6. The van der Waals surface area contributed by atoms with Gasteiger partial charge >= 0.3 is 5.97 Å². The van der Waals surface area contributed by atoms with E-state index in [9.17, 15) is 9.59 Å². The second-order valence-corrected chi connectivity index (χ2v) is 11.0. The topological polar surface area (TPSA) is 69.9 Å². The SMILES string of the molecule is C#CCOc1c(Br)cc(/C=c2/sc3n(c2=O)[C@@H](c2ccc(C)cc2)C(C(=O)OCC)=C(C)N=3)cc1I. The maximum atomic E-state index is 13.7. The van der Waals surface area contributed by atoms with Crippen molar-refractivity contribution in [1.29, 1.82) is 0 Å². The number of nitrogens with zero attached hydrogens (tertiary/aromatic N) is 2. The predicted molar refractivity (Wildman–Crippen MR) is 153 cm³/mol. The monoisotopic (exact) mass is 676 g/mol. The number of ether oxygens (including phenoxy) is 2. The molecule has 0 saturated heterocycles. The molecule has 1 aliphatic heterocycles. The Bertz CT molecular complexity index is 1570. The molecule has 1 aromatic heterocycles. The summed E-state index contributed by atoms with van der Waals surface area (Å²) in [5.74, 6) is 2.64. The van der Waals surface area contributed by atoms with Crippen LogP contribution in [0.3, 0.4) is 0 Å². The van der Waals surface area contributed by atoms with Crippen LogP contribution in [0.2, 0.25) is 0 Å². The molecular weight excluding hydrogens is 655 g/mol. The lowest BCUT2D eigenvalue weighted by molar-refractivity contribution is -0.139. The summed E-state index contributed by atoms with van der Waals surface area (Å²) in [5, 5.41) is 0. The van der Waals surface area contributed by atoms with Crippen LogP contribution in [0.5, 0.6) is 5.75 Å². The first kappa shape index (κ1) is 26.4. The van der Waals surface area contributed by atoms with Crippen molar-refractivity contribution in [2.75, 3.05) is 13.2 Å². The highest BCUT2D eigenvalue weighted by Gasteiger charge is 2.33. The van der Waals surface area contributed by atoms with E-state index in [0.717, 1.165) is 24.7 Å². The summed E-state index contributed by atoms with van der Waals surface area (Å²) in [6.45, 7) is 5.92. The largest absolute Gasteiger partial charge is 0.479 e. The van der Waals surface area contributed by atoms with Gasteiger partial charge in [-0.3, -0.25) is 9.36 Å². The predicted octanol–water partition coefficient (Wildman–Crippen LogP) is 4.49. The number of fused-ring (bicyclic) bond motifs is 1. The van der Waals surface area contributed by atoms with Gasteiger partial charge in [-0.05, 0) is 88.6 Å². The normalized spacial score (nSPS) is 15.2. The molecule has 0 saturated carbocycles. The molecule has 184 valence electrons.